The van der Waals surface area contributed by atoms with Crippen molar-refractivity contribution in [2.24, 2.45) is 5.10 Å². The van der Waals surface area contributed by atoms with E-state index in [1.807, 2.05) is 18.2 Å². The largest absolute Gasteiger partial charge is 0.325 e. The second kappa shape index (κ2) is 8.64. The smallest absolute Gasteiger partial charge is 0.298 e. The van der Waals surface area contributed by atoms with Crippen LogP contribution >= 0.6 is 0 Å². The second-order valence-electron chi connectivity index (χ2n) is 8.96. The van der Waals surface area contributed by atoms with Crippen LogP contribution in [0, 0.1) is 0 Å². The molecule has 4 heteroatoms. The van der Waals surface area contributed by atoms with Crippen molar-refractivity contribution < 1.29 is 9.69 Å². The van der Waals surface area contributed by atoms with E-state index in [9.17, 15) is 4.79 Å². The number of carbonyl (C=O) groups excluding carboxylic acids is 1. The minimum Gasteiger partial charge on any atom is -0.325 e. The van der Waals surface area contributed by atoms with Crippen molar-refractivity contribution in [2.45, 2.75) is 44.7 Å². The summed E-state index contributed by atoms with van der Waals surface area (Å²) in [7, 11) is 0. The van der Waals surface area contributed by atoms with E-state index in [2.05, 4.69) is 61.5 Å². The number of carbonyl (C=O) groups is 1. The van der Waals surface area contributed by atoms with Crippen LogP contribution in [0.4, 0.5) is 0 Å². The van der Waals surface area contributed by atoms with Crippen LogP contribution < -0.4 is 4.90 Å². The molecule has 3 atom stereocenters. The minimum absolute atomic E-state index is 0.0327. The summed E-state index contributed by atoms with van der Waals surface area (Å²) in [6.07, 6.45) is 4.44. The average molecular weight is 413 g/mol. The predicted octanol–water partition coefficient (Wildman–Crippen LogP) is 3.97. The zero-order chi connectivity index (χ0) is 21.2. The highest BCUT2D eigenvalue weighted by Gasteiger charge is 2.35. The fourth-order valence-electron chi connectivity index (χ4n) is 5.01. The van der Waals surface area contributed by atoms with Gasteiger partial charge in [0.2, 0.25) is 0 Å². The summed E-state index contributed by atoms with van der Waals surface area (Å²) < 4.78 is 0. The molecule has 0 spiro atoms. The Kier molecular flexibility index (Phi) is 5.56. The zero-order valence-corrected chi connectivity index (χ0v) is 18.1. The van der Waals surface area contributed by atoms with Gasteiger partial charge in [-0.05, 0) is 54.2 Å². The number of nitrogens with one attached hydrogen (secondary N) is 1. The van der Waals surface area contributed by atoms with Crippen LogP contribution in [0.5, 0.6) is 0 Å². The summed E-state index contributed by atoms with van der Waals surface area (Å²) in [6, 6.07) is 25.7. The molecular weight excluding hydrogens is 382 g/mol. The highest BCUT2D eigenvalue weighted by Crippen LogP contribution is 2.33. The first-order valence-corrected chi connectivity index (χ1v) is 11.5. The van der Waals surface area contributed by atoms with Crippen molar-refractivity contribution in [1.29, 1.82) is 0 Å². The van der Waals surface area contributed by atoms with Gasteiger partial charge in [0.15, 0.2) is 6.54 Å². The molecular formula is C27H30N3O+. The normalized spacial score (nSPS) is 23.7. The van der Waals surface area contributed by atoms with Crippen LogP contribution in [-0.2, 0) is 4.79 Å². The molecule has 2 aliphatic heterocycles. The van der Waals surface area contributed by atoms with Gasteiger partial charge < -0.3 is 4.90 Å². The maximum Gasteiger partial charge on any atom is 0.298 e. The predicted molar refractivity (Wildman–Crippen MR) is 125 cm³/mol. The van der Waals surface area contributed by atoms with Gasteiger partial charge in [-0.3, -0.25) is 4.79 Å². The molecule has 3 aromatic carbocycles. The van der Waals surface area contributed by atoms with Crippen molar-refractivity contribution in [3.8, 4) is 0 Å². The minimum atomic E-state index is -0.0327. The van der Waals surface area contributed by atoms with Crippen LogP contribution in [0.2, 0.25) is 0 Å². The topological polar surface area (TPSA) is 37.1 Å². The molecule has 1 amide bonds. The van der Waals surface area contributed by atoms with Crippen LogP contribution in [0.3, 0.4) is 0 Å². The molecule has 2 aliphatic rings. The fraction of sp³-hybridized carbons (Fsp3) is 0.333. The van der Waals surface area contributed by atoms with E-state index in [0.717, 1.165) is 29.8 Å². The number of hydrogen-bond donors (Lipinski definition) is 1. The Balaban J connectivity index is 1.45. The molecule has 158 valence electrons. The molecule has 3 aromatic rings. The number of rotatable bonds is 4. The van der Waals surface area contributed by atoms with Gasteiger partial charge in [-0.2, -0.15) is 5.10 Å². The van der Waals surface area contributed by atoms with Crippen molar-refractivity contribution in [2.75, 3.05) is 13.1 Å². The zero-order valence-electron chi connectivity index (χ0n) is 18.1. The summed E-state index contributed by atoms with van der Waals surface area (Å²) in [4.78, 5) is 14.8. The number of likely N-dealkylation sites (tertiary alicyclic amines) is 1. The molecule has 5 rings (SSSR count). The lowest BCUT2D eigenvalue weighted by Crippen LogP contribution is -3.17. The Bertz CT molecular complexity index is 1110. The van der Waals surface area contributed by atoms with Crippen molar-refractivity contribution in [3.63, 3.8) is 0 Å². The van der Waals surface area contributed by atoms with Crippen molar-refractivity contribution in [1.82, 2.24) is 5.01 Å². The highest BCUT2D eigenvalue weighted by molar-refractivity contribution is 6.05. The number of piperidine rings is 1. The fourth-order valence-corrected chi connectivity index (χ4v) is 5.01. The lowest BCUT2D eigenvalue weighted by atomic mass is 9.97. The van der Waals surface area contributed by atoms with Gasteiger partial charge in [-0.1, -0.05) is 66.7 Å². The maximum atomic E-state index is 13.4. The Morgan fingerprint density at radius 3 is 2.58 bits per heavy atom. The van der Waals surface area contributed by atoms with E-state index in [1.165, 1.54) is 34.9 Å². The molecule has 1 saturated heterocycles. The lowest BCUT2D eigenvalue weighted by Gasteiger charge is -2.31. The van der Waals surface area contributed by atoms with E-state index < -0.39 is 0 Å². The van der Waals surface area contributed by atoms with E-state index >= 15 is 0 Å². The first kappa shape index (κ1) is 20.0. The number of nitrogens with zero attached hydrogens (tertiary/aromatic N) is 2. The van der Waals surface area contributed by atoms with E-state index in [-0.39, 0.29) is 11.9 Å². The number of hydrazone groups is 1. The Hall–Kier alpha value is -2.98. The van der Waals surface area contributed by atoms with Gasteiger partial charge in [0.25, 0.3) is 5.91 Å². The van der Waals surface area contributed by atoms with Gasteiger partial charge in [0, 0.05) is 6.42 Å². The molecule has 0 radical (unpaired) electrons. The number of fused-ring (bicyclic) bond motifs is 1. The standard InChI is InChI=1S/C27H29N3O/c1-20-9-7-8-16-29(20)19-27(31)30-26(22-11-3-2-4-12-22)18-25(28-30)24-15-14-21-10-5-6-13-23(21)17-24/h2-6,10-15,17,20,26H,7-9,16,18-19H2,1H3/p+1/t20-,26-/m0/s1. The van der Waals surface area contributed by atoms with E-state index in [4.69, 9.17) is 5.10 Å². The third kappa shape index (κ3) is 4.13. The van der Waals surface area contributed by atoms with E-state index in [0.29, 0.717) is 12.6 Å². The van der Waals surface area contributed by atoms with Crippen LogP contribution in [0.15, 0.2) is 77.9 Å². The Labute approximate surface area is 184 Å². The third-order valence-electron chi connectivity index (χ3n) is 6.89. The highest BCUT2D eigenvalue weighted by atomic mass is 16.2. The summed E-state index contributed by atoms with van der Waals surface area (Å²) in [5.74, 6) is 0.133. The molecule has 2 heterocycles. The Morgan fingerprint density at radius 2 is 1.77 bits per heavy atom. The molecule has 1 unspecified atom stereocenters. The number of amides is 1. The van der Waals surface area contributed by atoms with Gasteiger partial charge in [0.05, 0.1) is 24.3 Å². The second-order valence-corrected chi connectivity index (χ2v) is 8.96. The summed E-state index contributed by atoms with van der Waals surface area (Å²) in [5, 5.41) is 9.10. The molecule has 0 aliphatic carbocycles. The summed E-state index contributed by atoms with van der Waals surface area (Å²) >= 11 is 0. The number of quaternary nitrogens is 1. The van der Waals surface area contributed by atoms with Crippen LogP contribution in [-0.4, -0.2) is 35.8 Å². The number of benzene rings is 3. The third-order valence-corrected chi connectivity index (χ3v) is 6.89. The molecule has 1 fully saturated rings. The monoisotopic (exact) mass is 412 g/mol. The molecule has 31 heavy (non-hydrogen) atoms. The van der Waals surface area contributed by atoms with Gasteiger partial charge in [-0.15, -0.1) is 0 Å². The van der Waals surface area contributed by atoms with Gasteiger partial charge in [-0.25, -0.2) is 5.01 Å². The average Bonchev–Trinajstić information content (AvgIpc) is 3.27. The Morgan fingerprint density at radius 1 is 1.00 bits per heavy atom. The summed E-state index contributed by atoms with van der Waals surface area (Å²) in [6.45, 7) is 3.88. The molecule has 0 saturated carbocycles. The molecule has 0 aromatic heterocycles. The first-order chi connectivity index (χ1) is 15.2. The number of hydrogen-bond acceptors (Lipinski definition) is 2. The molecule has 4 nitrogen and oxygen atoms in total. The van der Waals surface area contributed by atoms with Crippen molar-refractivity contribution in [3.05, 3.63) is 83.9 Å². The summed E-state index contributed by atoms with van der Waals surface area (Å²) in [5.41, 5.74) is 3.25. The van der Waals surface area contributed by atoms with Gasteiger partial charge in [0.1, 0.15) is 0 Å². The van der Waals surface area contributed by atoms with Crippen molar-refractivity contribution >= 4 is 22.4 Å². The van der Waals surface area contributed by atoms with E-state index in [1.54, 1.807) is 5.01 Å². The quantitative estimate of drug-likeness (QED) is 0.692. The maximum absolute atomic E-state index is 13.4. The molecule has 0 bridgehead atoms. The SMILES string of the molecule is C[C@H]1CCCC[NH+]1CC(=O)N1N=C(c2ccc3ccccc3c2)C[C@H]1c1ccccc1. The van der Waals surface area contributed by atoms with Gasteiger partial charge >= 0.3 is 0 Å². The van der Waals surface area contributed by atoms with Crippen LogP contribution in [0.25, 0.3) is 10.8 Å². The lowest BCUT2D eigenvalue weighted by molar-refractivity contribution is -0.921. The first-order valence-electron chi connectivity index (χ1n) is 11.5. The molecule has 1 N–H and O–H groups in total. The van der Waals surface area contributed by atoms with Crippen LogP contribution in [0.1, 0.15) is 49.8 Å².